The van der Waals surface area contributed by atoms with Crippen LogP contribution < -0.4 is 0 Å². The number of rotatable bonds is 3. The van der Waals surface area contributed by atoms with Crippen LogP contribution in [0.5, 0.6) is 0 Å². The van der Waals surface area contributed by atoms with Gasteiger partial charge in [0.05, 0.1) is 0 Å². The van der Waals surface area contributed by atoms with Gasteiger partial charge in [-0.1, -0.05) is 49.1 Å². The summed E-state index contributed by atoms with van der Waals surface area (Å²) in [6.07, 6.45) is 5.33. The van der Waals surface area contributed by atoms with Gasteiger partial charge in [0.1, 0.15) is 0 Å². The Morgan fingerprint density at radius 1 is 1.37 bits per heavy atom. The minimum absolute atomic E-state index is 0.229. The molecule has 3 heteroatoms. The Hall–Kier alpha value is -2.13. The molecule has 0 saturated carbocycles. The van der Waals surface area contributed by atoms with E-state index in [4.69, 9.17) is 4.74 Å². The van der Waals surface area contributed by atoms with Crippen LogP contribution in [0.4, 0.5) is 0 Å². The smallest absolute Gasteiger partial charge is 0.335 e. The van der Waals surface area contributed by atoms with Crippen LogP contribution in [-0.4, -0.2) is 16.9 Å². The molecule has 0 radical (unpaired) electrons. The minimum atomic E-state index is -1.58. The van der Waals surface area contributed by atoms with Crippen molar-refractivity contribution in [1.82, 2.24) is 0 Å². The molecule has 1 atom stereocenters. The highest BCUT2D eigenvalue weighted by atomic mass is 16.7. The van der Waals surface area contributed by atoms with Gasteiger partial charge in [0.2, 0.25) is 5.79 Å². The topological polar surface area (TPSA) is 46.5 Å². The molecule has 1 aliphatic rings. The first-order chi connectivity index (χ1) is 9.00. The van der Waals surface area contributed by atoms with E-state index in [9.17, 15) is 9.90 Å². The number of esters is 1. The number of carbonyl (C=O) groups is 1. The van der Waals surface area contributed by atoms with Gasteiger partial charge in [0, 0.05) is 12.0 Å². The number of allylic oxidation sites excluding steroid dienone is 2. The predicted molar refractivity (Wildman–Crippen MR) is 74.0 cm³/mol. The Morgan fingerprint density at radius 2 is 2.05 bits per heavy atom. The third-order valence-electron chi connectivity index (χ3n) is 2.86. The fourth-order valence-electron chi connectivity index (χ4n) is 1.78. The quantitative estimate of drug-likeness (QED) is 0.514. The number of aliphatic hydroxyl groups is 1. The van der Waals surface area contributed by atoms with Gasteiger partial charge < -0.3 is 9.84 Å². The lowest BCUT2D eigenvalue weighted by atomic mass is 9.96. The van der Waals surface area contributed by atoms with Gasteiger partial charge in [-0.2, -0.15) is 0 Å². The number of benzene rings is 1. The maximum Gasteiger partial charge on any atom is 0.335 e. The monoisotopic (exact) mass is 256 g/mol. The number of hydrogen-bond donors (Lipinski definition) is 1. The van der Waals surface area contributed by atoms with Crippen molar-refractivity contribution < 1.29 is 14.6 Å². The molecule has 0 aromatic heterocycles. The molecular formula is C16H16O3. The Balaban J connectivity index is 2.10. The summed E-state index contributed by atoms with van der Waals surface area (Å²) >= 11 is 0. The van der Waals surface area contributed by atoms with Gasteiger partial charge in [-0.05, 0) is 24.1 Å². The molecule has 1 unspecified atom stereocenters. The first-order valence-electron chi connectivity index (χ1n) is 6.06. The number of hydrogen-bond acceptors (Lipinski definition) is 3. The predicted octanol–water partition coefficient (Wildman–Crippen LogP) is 2.84. The normalized spacial score (nSPS) is 21.7. The Morgan fingerprint density at radius 3 is 2.58 bits per heavy atom. The SMILES string of the molecule is C=C(C)C(=O)OC1(O)C=CC(c2ccccc2)=CC1. The molecular weight excluding hydrogens is 240 g/mol. The zero-order chi connectivity index (χ0) is 13.9. The summed E-state index contributed by atoms with van der Waals surface area (Å²) < 4.78 is 5.01. The lowest BCUT2D eigenvalue weighted by molar-refractivity contribution is -0.184. The molecule has 1 aromatic rings. The van der Waals surface area contributed by atoms with Crippen molar-refractivity contribution in [3.8, 4) is 0 Å². The molecule has 3 nitrogen and oxygen atoms in total. The van der Waals surface area contributed by atoms with Crippen molar-refractivity contribution >= 4 is 11.5 Å². The van der Waals surface area contributed by atoms with E-state index in [0.29, 0.717) is 0 Å². The van der Waals surface area contributed by atoms with Crippen LogP contribution in [0.3, 0.4) is 0 Å². The van der Waals surface area contributed by atoms with Crippen molar-refractivity contribution in [2.24, 2.45) is 0 Å². The lowest BCUT2D eigenvalue weighted by Gasteiger charge is -2.26. The highest BCUT2D eigenvalue weighted by Gasteiger charge is 2.29. The number of ether oxygens (including phenoxy) is 1. The first kappa shape index (κ1) is 13.3. The Labute approximate surface area is 112 Å². The Bertz CT molecular complexity index is 555. The molecule has 0 spiro atoms. The third kappa shape index (κ3) is 3.20. The summed E-state index contributed by atoms with van der Waals surface area (Å²) in [7, 11) is 0. The largest absolute Gasteiger partial charge is 0.426 e. The fraction of sp³-hybridized carbons (Fsp3) is 0.188. The van der Waals surface area contributed by atoms with Gasteiger partial charge in [-0.15, -0.1) is 0 Å². The maximum absolute atomic E-state index is 11.4. The van der Waals surface area contributed by atoms with Crippen molar-refractivity contribution in [2.75, 3.05) is 0 Å². The van der Waals surface area contributed by atoms with Crippen molar-refractivity contribution in [2.45, 2.75) is 19.1 Å². The van der Waals surface area contributed by atoms with Crippen molar-refractivity contribution in [3.63, 3.8) is 0 Å². The van der Waals surface area contributed by atoms with Gasteiger partial charge in [-0.25, -0.2) is 4.79 Å². The second-order valence-electron chi connectivity index (χ2n) is 4.58. The van der Waals surface area contributed by atoms with Crippen molar-refractivity contribution in [3.05, 3.63) is 66.3 Å². The van der Waals surface area contributed by atoms with Crippen LogP contribution in [0, 0.1) is 0 Å². The standard InChI is InChI=1S/C16H16O3/c1-12(2)15(17)19-16(18)10-8-14(9-11-16)13-6-4-3-5-7-13/h3-10,18H,1,11H2,2H3. The molecule has 0 heterocycles. The summed E-state index contributed by atoms with van der Waals surface area (Å²) in [5.41, 5.74) is 2.32. The molecule has 0 amide bonds. The summed E-state index contributed by atoms with van der Waals surface area (Å²) in [4.78, 5) is 11.4. The average Bonchev–Trinajstić information content (AvgIpc) is 2.40. The van der Waals surface area contributed by atoms with E-state index in [1.165, 1.54) is 6.08 Å². The zero-order valence-corrected chi connectivity index (χ0v) is 10.8. The molecule has 0 saturated heterocycles. The van der Waals surface area contributed by atoms with Crippen molar-refractivity contribution in [1.29, 1.82) is 0 Å². The van der Waals surface area contributed by atoms with E-state index >= 15 is 0 Å². The summed E-state index contributed by atoms with van der Waals surface area (Å²) in [6.45, 7) is 5.03. The molecule has 19 heavy (non-hydrogen) atoms. The van der Waals surface area contributed by atoms with Gasteiger partial charge in [0.25, 0.3) is 0 Å². The molecule has 1 aromatic carbocycles. The van der Waals surface area contributed by atoms with Crippen LogP contribution >= 0.6 is 0 Å². The summed E-state index contributed by atoms with van der Waals surface area (Å²) in [6, 6.07) is 9.82. The lowest BCUT2D eigenvalue weighted by Crippen LogP contribution is -2.33. The van der Waals surface area contributed by atoms with E-state index < -0.39 is 11.8 Å². The second kappa shape index (κ2) is 5.24. The molecule has 98 valence electrons. The molecule has 0 fully saturated rings. The molecule has 1 N–H and O–H groups in total. The summed E-state index contributed by atoms with van der Waals surface area (Å²) in [5, 5.41) is 10.1. The van der Waals surface area contributed by atoms with Crippen LogP contribution in [0.25, 0.3) is 5.57 Å². The third-order valence-corrected chi connectivity index (χ3v) is 2.86. The van der Waals surface area contributed by atoms with Gasteiger partial charge >= 0.3 is 5.97 Å². The first-order valence-corrected chi connectivity index (χ1v) is 6.06. The highest BCUT2D eigenvalue weighted by molar-refractivity contribution is 5.87. The average molecular weight is 256 g/mol. The van der Waals surface area contributed by atoms with Gasteiger partial charge in [-0.3, -0.25) is 0 Å². The Kier molecular flexibility index (Phi) is 3.67. The van der Waals surface area contributed by atoms with Crippen LogP contribution in [0.15, 0.2) is 60.7 Å². The molecule has 1 aliphatic carbocycles. The van der Waals surface area contributed by atoms with E-state index in [0.717, 1.165) is 11.1 Å². The number of carbonyl (C=O) groups excluding carboxylic acids is 1. The van der Waals surface area contributed by atoms with E-state index in [1.54, 1.807) is 13.0 Å². The van der Waals surface area contributed by atoms with E-state index in [-0.39, 0.29) is 12.0 Å². The minimum Gasteiger partial charge on any atom is -0.426 e. The molecule has 0 aliphatic heterocycles. The van der Waals surface area contributed by atoms with E-state index in [1.807, 2.05) is 36.4 Å². The highest BCUT2D eigenvalue weighted by Crippen LogP contribution is 2.28. The van der Waals surface area contributed by atoms with Crippen LogP contribution in [0.1, 0.15) is 18.9 Å². The van der Waals surface area contributed by atoms with Crippen LogP contribution in [0.2, 0.25) is 0 Å². The zero-order valence-electron chi connectivity index (χ0n) is 10.8. The molecule has 2 rings (SSSR count). The second-order valence-corrected chi connectivity index (χ2v) is 4.58. The van der Waals surface area contributed by atoms with Gasteiger partial charge in [0.15, 0.2) is 0 Å². The van der Waals surface area contributed by atoms with E-state index in [2.05, 4.69) is 6.58 Å². The summed E-state index contributed by atoms with van der Waals surface area (Å²) in [5.74, 6) is -2.17. The maximum atomic E-state index is 11.4. The fourth-order valence-corrected chi connectivity index (χ4v) is 1.78. The molecule has 0 bridgehead atoms. The van der Waals surface area contributed by atoms with Crippen LogP contribution in [-0.2, 0) is 9.53 Å².